The van der Waals surface area contributed by atoms with Gasteiger partial charge in [0.15, 0.2) is 0 Å². The number of fused-ring (bicyclic) bond motifs is 1. The minimum absolute atomic E-state index is 0.187. The second kappa shape index (κ2) is 10.5. The third-order valence-electron chi connectivity index (χ3n) is 7.61. The van der Waals surface area contributed by atoms with Gasteiger partial charge in [-0.05, 0) is 78.9 Å². The molecule has 2 heterocycles. The van der Waals surface area contributed by atoms with Crippen molar-refractivity contribution in [1.29, 1.82) is 0 Å². The molecule has 0 aliphatic carbocycles. The van der Waals surface area contributed by atoms with Gasteiger partial charge >= 0.3 is 0 Å². The van der Waals surface area contributed by atoms with Gasteiger partial charge in [0.05, 0.1) is 6.10 Å². The first-order valence-corrected chi connectivity index (χ1v) is 12.8. The lowest BCUT2D eigenvalue weighted by atomic mass is 9.86. The Bertz CT molecular complexity index is 1290. The molecule has 6 nitrogen and oxygen atoms in total. The zero-order chi connectivity index (χ0) is 26.1. The highest BCUT2D eigenvalue weighted by atomic mass is 16.5. The fraction of sp³-hybridized carbons (Fsp3) is 0.355. The molecule has 5 rings (SSSR count). The number of benzene rings is 3. The molecule has 0 spiro atoms. The molecule has 3 aromatic carbocycles. The van der Waals surface area contributed by atoms with Crippen LogP contribution in [-0.2, 0) is 4.74 Å². The SMILES string of the molecule is CO[C@@H]1CN([C@@H](C)COc2ccc(C3Oc4ccc(O)cc4C(C)=C3c3cccc(O)c3)cc2)C[C@@H]1C. The normalized spacial score (nSPS) is 22.4. The Kier molecular flexibility index (Phi) is 7.13. The minimum atomic E-state index is -0.371. The number of phenols is 2. The molecule has 3 aromatic rings. The fourth-order valence-corrected chi connectivity index (χ4v) is 5.42. The van der Waals surface area contributed by atoms with Gasteiger partial charge in [-0.25, -0.2) is 0 Å². The number of methoxy groups -OCH3 is 1. The highest BCUT2D eigenvalue weighted by Gasteiger charge is 2.32. The molecule has 4 atom stereocenters. The standard InChI is InChI=1S/C31H35NO5/c1-19-16-32(17-29(19)35-4)20(2)18-36-26-11-8-22(9-12-26)31-30(23-6-5-7-24(33)14-23)21(3)27-15-25(34)10-13-28(27)37-31/h5-15,19-20,29,31,33-34H,16-18H2,1-4H3/t19-,20-,29+,31?/m0/s1. The van der Waals surface area contributed by atoms with E-state index in [0.29, 0.717) is 24.3 Å². The summed E-state index contributed by atoms with van der Waals surface area (Å²) in [5, 5.41) is 20.2. The number of aromatic hydroxyl groups is 2. The molecule has 1 unspecified atom stereocenters. The summed E-state index contributed by atoms with van der Waals surface area (Å²) in [4.78, 5) is 2.42. The number of likely N-dealkylation sites (tertiary alicyclic amines) is 1. The molecule has 2 aliphatic rings. The van der Waals surface area contributed by atoms with Crippen LogP contribution in [0.3, 0.4) is 0 Å². The zero-order valence-electron chi connectivity index (χ0n) is 21.8. The number of ether oxygens (including phenoxy) is 3. The van der Waals surface area contributed by atoms with Gasteiger partial charge in [0.1, 0.15) is 35.7 Å². The van der Waals surface area contributed by atoms with Crippen LogP contribution in [0.2, 0.25) is 0 Å². The van der Waals surface area contributed by atoms with Crippen molar-refractivity contribution in [3.8, 4) is 23.0 Å². The van der Waals surface area contributed by atoms with E-state index in [1.54, 1.807) is 37.4 Å². The summed E-state index contributed by atoms with van der Waals surface area (Å²) in [5.41, 5.74) is 4.65. The first-order chi connectivity index (χ1) is 17.8. The van der Waals surface area contributed by atoms with Crippen LogP contribution in [0.25, 0.3) is 11.1 Å². The van der Waals surface area contributed by atoms with Gasteiger partial charge in [-0.1, -0.05) is 31.2 Å². The van der Waals surface area contributed by atoms with Crippen molar-refractivity contribution < 1.29 is 24.4 Å². The third kappa shape index (κ3) is 5.17. The second-order valence-electron chi connectivity index (χ2n) is 10.2. The van der Waals surface area contributed by atoms with Crippen molar-refractivity contribution >= 4 is 11.1 Å². The van der Waals surface area contributed by atoms with Crippen LogP contribution in [0.5, 0.6) is 23.0 Å². The largest absolute Gasteiger partial charge is 0.508 e. The molecule has 2 aliphatic heterocycles. The van der Waals surface area contributed by atoms with E-state index in [9.17, 15) is 10.2 Å². The number of hydrogen-bond acceptors (Lipinski definition) is 6. The van der Waals surface area contributed by atoms with Crippen molar-refractivity contribution in [1.82, 2.24) is 4.90 Å². The molecular weight excluding hydrogens is 466 g/mol. The summed E-state index contributed by atoms with van der Waals surface area (Å²) in [6.07, 6.45) is -0.0903. The van der Waals surface area contributed by atoms with Gasteiger partial charge in [-0.15, -0.1) is 0 Å². The highest BCUT2D eigenvalue weighted by Crippen LogP contribution is 2.47. The lowest BCUT2D eigenvalue weighted by Gasteiger charge is -2.31. The Balaban J connectivity index is 1.37. The Hall–Kier alpha value is -3.48. The van der Waals surface area contributed by atoms with E-state index in [4.69, 9.17) is 14.2 Å². The lowest BCUT2D eigenvalue weighted by molar-refractivity contribution is 0.0779. The highest BCUT2D eigenvalue weighted by molar-refractivity contribution is 5.95. The maximum atomic E-state index is 10.2. The number of phenolic OH excluding ortho intramolecular Hbond substituents is 2. The van der Waals surface area contributed by atoms with Crippen molar-refractivity contribution in [3.63, 3.8) is 0 Å². The first kappa shape index (κ1) is 25.2. The molecule has 6 heteroatoms. The lowest BCUT2D eigenvalue weighted by Crippen LogP contribution is -2.36. The Labute approximate surface area is 218 Å². The molecule has 2 N–H and O–H groups in total. The molecule has 1 fully saturated rings. The first-order valence-electron chi connectivity index (χ1n) is 12.8. The fourth-order valence-electron chi connectivity index (χ4n) is 5.42. The van der Waals surface area contributed by atoms with Gasteiger partial charge in [-0.2, -0.15) is 0 Å². The summed E-state index contributed by atoms with van der Waals surface area (Å²) in [7, 11) is 1.79. The molecule has 0 radical (unpaired) electrons. The van der Waals surface area contributed by atoms with E-state index in [-0.39, 0.29) is 23.7 Å². The molecule has 0 aromatic heterocycles. The average Bonchev–Trinajstić information content (AvgIpc) is 3.28. The Morgan fingerprint density at radius 2 is 1.76 bits per heavy atom. The predicted molar refractivity (Wildman–Crippen MR) is 145 cm³/mol. The molecule has 0 bridgehead atoms. The molecule has 37 heavy (non-hydrogen) atoms. The maximum Gasteiger partial charge on any atom is 0.150 e. The van der Waals surface area contributed by atoms with E-state index < -0.39 is 0 Å². The number of rotatable bonds is 7. The van der Waals surface area contributed by atoms with Crippen molar-refractivity contribution in [2.45, 2.75) is 39.0 Å². The summed E-state index contributed by atoms with van der Waals surface area (Å²) >= 11 is 0. The van der Waals surface area contributed by atoms with Crippen LogP contribution in [0.4, 0.5) is 0 Å². The maximum absolute atomic E-state index is 10.2. The van der Waals surface area contributed by atoms with Gasteiger partial charge in [0.25, 0.3) is 0 Å². The quantitative estimate of drug-likeness (QED) is 0.420. The summed E-state index contributed by atoms with van der Waals surface area (Å²) in [5.74, 6) is 2.43. The summed E-state index contributed by atoms with van der Waals surface area (Å²) in [6, 6.07) is 20.7. The zero-order valence-corrected chi connectivity index (χ0v) is 21.8. The van der Waals surface area contributed by atoms with Crippen LogP contribution in [0.15, 0.2) is 66.7 Å². The second-order valence-corrected chi connectivity index (χ2v) is 10.2. The molecule has 0 amide bonds. The number of hydrogen-bond donors (Lipinski definition) is 2. The van der Waals surface area contributed by atoms with E-state index in [0.717, 1.165) is 46.7 Å². The Morgan fingerprint density at radius 1 is 1.00 bits per heavy atom. The molecular formula is C31H35NO5. The van der Waals surface area contributed by atoms with Crippen LogP contribution in [0, 0.1) is 5.92 Å². The summed E-state index contributed by atoms with van der Waals surface area (Å²) < 4.78 is 18.2. The third-order valence-corrected chi connectivity index (χ3v) is 7.61. The van der Waals surface area contributed by atoms with Crippen molar-refractivity contribution in [2.24, 2.45) is 5.92 Å². The van der Waals surface area contributed by atoms with E-state index >= 15 is 0 Å². The van der Waals surface area contributed by atoms with E-state index in [2.05, 4.69) is 18.7 Å². The number of allylic oxidation sites excluding steroid dienone is 1. The van der Waals surface area contributed by atoms with E-state index in [1.807, 2.05) is 43.3 Å². The summed E-state index contributed by atoms with van der Waals surface area (Å²) in [6.45, 7) is 9.01. The van der Waals surface area contributed by atoms with Crippen LogP contribution in [0.1, 0.15) is 43.6 Å². The van der Waals surface area contributed by atoms with Crippen molar-refractivity contribution in [2.75, 3.05) is 26.8 Å². The molecule has 1 saturated heterocycles. The topological polar surface area (TPSA) is 71.4 Å². The predicted octanol–water partition coefficient (Wildman–Crippen LogP) is 5.90. The molecule has 194 valence electrons. The Morgan fingerprint density at radius 3 is 2.46 bits per heavy atom. The van der Waals surface area contributed by atoms with Crippen molar-refractivity contribution in [3.05, 3.63) is 83.4 Å². The van der Waals surface area contributed by atoms with Crippen LogP contribution in [-0.4, -0.2) is 54.1 Å². The van der Waals surface area contributed by atoms with Gasteiger partial charge < -0.3 is 24.4 Å². The molecule has 0 saturated carbocycles. The van der Waals surface area contributed by atoms with E-state index in [1.165, 1.54) is 0 Å². The van der Waals surface area contributed by atoms with Crippen LogP contribution < -0.4 is 9.47 Å². The van der Waals surface area contributed by atoms with Gasteiger partial charge in [0.2, 0.25) is 0 Å². The monoisotopic (exact) mass is 501 g/mol. The smallest absolute Gasteiger partial charge is 0.150 e. The number of nitrogens with zero attached hydrogens (tertiary/aromatic N) is 1. The minimum Gasteiger partial charge on any atom is -0.508 e. The van der Waals surface area contributed by atoms with Gasteiger partial charge in [0, 0.05) is 37.4 Å². The average molecular weight is 502 g/mol. The van der Waals surface area contributed by atoms with Crippen LogP contribution >= 0.6 is 0 Å². The van der Waals surface area contributed by atoms with Gasteiger partial charge in [-0.3, -0.25) is 4.90 Å².